The standard InChI is InChI=1S/C17H24BrN3/c1-11-12(2)20-21(13(11)3)15-8-7-14(16(18)9-15)10-19-17(4,5)6/h7-9,19H,10H2,1-6H3. The van der Waals surface area contributed by atoms with E-state index in [1.807, 2.05) is 4.68 Å². The van der Waals surface area contributed by atoms with Crippen molar-refractivity contribution in [2.75, 3.05) is 0 Å². The molecule has 1 heterocycles. The fourth-order valence-electron chi connectivity index (χ4n) is 2.14. The second-order valence-electron chi connectivity index (χ2n) is 6.59. The van der Waals surface area contributed by atoms with E-state index in [1.54, 1.807) is 0 Å². The number of nitrogens with zero attached hydrogens (tertiary/aromatic N) is 2. The van der Waals surface area contributed by atoms with Crippen molar-refractivity contribution >= 4 is 15.9 Å². The summed E-state index contributed by atoms with van der Waals surface area (Å²) < 4.78 is 3.12. The monoisotopic (exact) mass is 349 g/mol. The van der Waals surface area contributed by atoms with E-state index in [0.717, 1.165) is 22.4 Å². The molecule has 2 rings (SSSR count). The van der Waals surface area contributed by atoms with Crippen molar-refractivity contribution in [3.63, 3.8) is 0 Å². The van der Waals surface area contributed by atoms with Crippen molar-refractivity contribution in [3.8, 4) is 5.69 Å². The molecule has 0 radical (unpaired) electrons. The Labute approximate surface area is 135 Å². The molecular weight excluding hydrogens is 326 g/mol. The van der Waals surface area contributed by atoms with Gasteiger partial charge in [0.05, 0.1) is 11.4 Å². The maximum atomic E-state index is 4.62. The number of aryl methyl sites for hydroxylation is 1. The second kappa shape index (κ2) is 5.93. The molecule has 0 atom stereocenters. The molecule has 0 bridgehead atoms. The number of rotatable bonds is 3. The van der Waals surface area contributed by atoms with Crippen molar-refractivity contribution in [2.24, 2.45) is 0 Å². The largest absolute Gasteiger partial charge is 0.308 e. The van der Waals surface area contributed by atoms with Gasteiger partial charge in [-0.2, -0.15) is 5.10 Å². The number of aromatic nitrogens is 2. The van der Waals surface area contributed by atoms with Crippen LogP contribution in [0.4, 0.5) is 0 Å². The molecule has 0 fully saturated rings. The van der Waals surface area contributed by atoms with E-state index in [1.165, 1.54) is 16.8 Å². The molecule has 3 nitrogen and oxygen atoms in total. The van der Waals surface area contributed by atoms with Crippen molar-refractivity contribution in [3.05, 3.63) is 45.2 Å². The van der Waals surface area contributed by atoms with Gasteiger partial charge in [-0.15, -0.1) is 0 Å². The zero-order valence-electron chi connectivity index (χ0n) is 13.7. The first-order valence-electron chi connectivity index (χ1n) is 7.25. The van der Waals surface area contributed by atoms with Gasteiger partial charge in [0.1, 0.15) is 0 Å². The molecule has 1 aromatic carbocycles. The average molecular weight is 350 g/mol. The Morgan fingerprint density at radius 3 is 2.33 bits per heavy atom. The molecule has 0 saturated carbocycles. The highest BCUT2D eigenvalue weighted by molar-refractivity contribution is 9.10. The Hall–Kier alpha value is -1.13. The summed E-state index contributed by atoms with van der Waals surface area (Å²) in [5.41, 5.74) is 6.00. The maximum absolute atomic E-state index is 4.62. The lowest BCUT2D eigenvalue weighted by Gasteiger charge is -2.21. The molecule has 0 amide bonds. The topological polar surface area (TPSA) is 29.9 Å². The first-order valence-corrected chi connectivity index (χ1v) is 8.05. The lowest BCUT2D eigenvalue weighted by molar-refractivity contribution is 0.424. The van der Waals surface area contributed by atoms with E-state index in [0.29, 0.717) is 0 Å². The normalized spacial score (nSPS) is 12.0. The van der Waals surface area contributed by atoms with Gasteiger partial charge >= 0.3 is 0 Å². The van der Waals surface area contributed by atoms with Gasteiger partial charge in [0.2, 0.25) is 0 Å². The SMILES string of the molecule is Cc1nn(-c2ccc(CNC(C)(C)C)c(Br)c2)c(C)c1C. The molecule has 4 heteroatoms. The lowest BCUT2D eigenvalue weighted by atomic mass is 10.1. The number of nitrogens with one attached hydrogen (secondary N) is 1. The molecule has 0 unspecified atom stereocenters. The third-order valence-electron chi connectivity index (χ3n) is 3.74. The fourth-order valence-corrected chi connectivity index (χ4v) is 2.65. The number of hydrogen-bond acceptors (Lipinski definition) is 2. The summed E-state index contributed by atoms with van der Waals surface area (Å²) in [5, 5.41) is 8.13. The molecule has 1 N–H and O–H groups in total. The van der Waals surface area contributed by atoms with Gasteiger partial charge in [-0.3, -0.25) is 0 Å². The summed E-state index contributed by atoms with van der Waals surface area (Å²) in [6, 6.07) is 6.42. The van der Waals surface area contributed by atoms with Gasteiger partial charge < -0.3 is 5.32 Å². The first kappa shape index (κ1) is 16.2. The Bertz CT molecular complexity index is 651. The molecular formula is C17H24BrN3. The Kier molecular flexibility index (Phi) is 4.59. The van der Waals surface area contributed by atoms with Crippen LogP contribution in [0.2, 0.25) is 0 Å². The van der Waals surface area contributed by atoms with E-state index in [4.69, 9.17) is 0 Å². The van der Waals surface area contributed by atoms with Crippen LogP contribution in [0.3, 0.4) is 0 Å². The summed E-state index contributed by atoms with van der Waals surface area (Å²) >= 11 is 3.68. The third-order valence-corrected chi connectivity index (χ3v) is 4.48. The maximum Gasteiger partial charge on any atom is 0.0660 e. The molecule has 1 aromatic heterocycles. The molecule has 0 saturated heterocycles. The van der Waals surface area contributed by atoms with E-state index >= 15 is 0 Å². The van der Waals surface area contributed by atoms with Crippen LogP contribution in [-0.2, 0) is 6.54 Å². The lowest BCUT2D eigenvalue weighted by Crippen LogP contribution is -2.35. The van der Waals surface area contributed by atoms with Crippen LogP contribution in [0.5, 0.6) is 0 Å². The summed E-state index contributed by atoms with van der Waals surface area (Å²) in [6.07, 6.45) is 0. The van der Waals surface area contributed by atoms with Gasteiger partial charge in [0, 0.05) is 22.3 Å². The number of hydrogen-bond donors (Lipinski definition) is 1. The van der Waals surface area contributed by atoms with Gasteiger partial charge in [0.25, 0.3) is 0 Å². The van der Waals surface area contributed by atoms with Gasteiger partial charge in [-0.1, -0.05) is 22.0 Å². The number of benzene rings is 1. The van der Waals surface area contributed by atoms with Crippen molar-refractivity contribution in [1.29, 1.82) is 0 Å². The first-order chi connectivity index (χ1) is 9.69. The van der Waals surface area contributed by atoms with Crippen LogP contribution >= 0.6 is 15.9 Å². The smallest absolute Gasteiger partial charge is 0.0660 e. The van der Waals surface area contributed by atoms with Gasteiger partial charge in [-0.25, -0.2) is 4.68 Å². The third kappa shape index (κ3) is 3.74. The average Bonchev–Trinajstić information content (AvgIpc) is 2.64. The Morgan fingerprint density at radius 1 is 1.19 bits per heavy atom. The second-order valence-corrected chi connectivity index (χ2v) is 7.44. The van der Waals surface area contributed by atoms with Gasteiger partial charge in [-0.05, 0) is 64.8 Å². The van der Waals surface area contributed by atoms with Crippen LogP contribution in [0.1, 0.15) is 43.3 Å². The molecule has 21 heavy (non-hydrogen) atoms. The molecule has 114 valence electrons. The highest BCUT2D eigenvalue weighted by Crippen LogP contribution is 2.23. The van der Waals surface area contributed by atoms with Crippen LogP contribution in [-0.4, -0.2) is 15.3 Å². The Balaban J connectivity index is 2.28. The van der Waals surface area contributed by atoms with E-state index in [9.17, 15) is 0 Å². The van der Waals surface area contributed by atoms with E-state index in [-0.39, 0.29) is 5.54 Å². The minimum absolute atomic E-state index is 0.116. The molecule has 0 aliphatic heterocycles. The predicted molar refractivity (Wildman–Crippen MR) is 92.1 cm³/mol. The van der Waals surface area contributed by atoms with Crippen LogP contribution in [0.15, 0.2) is 22.7 Å². The molecule has 0 aliphatic carbocycles. The summed E-state index contributed by atoms with van der Waals surface area (Å²) in [4.78, 5) is 0. The summed E-state index contributed by atoms with van der Waals surface area (Å²) in [6.45, 7) is 13.6. The minimum atomic E-state index is 0.116. The predicted octanol–water partition coefficient (Wildman–Crippen LogP) is 4.45. The van der Waals surface area contributed by atoms with Crippen LogP contribution in [0.25, 0.3) is 5.69 Å². The fraction of sp³-hybridized carbons (Fsp3) is 0.471. The molecule has 2 aromatic rings. The highest BCUT2D eigenvalue weighted by atomic mass is 79.9. The van der Waals surface area contributed by atoms with Gasteiger partial charge in [0.15, 0.2) is 0 Å². The van der Waals surface area contributed by atoms with Crippen LogP contribution < -0.4 is 5.32 Å². The summed E-state index contributed by atoms with van der Waals surface area (Å²) in [7, 11) is 0. The number of halogens is 1. The zero-order chi connectivity index (χ0) is 15.8. The zero-order valence-corrected chi connectivity index (χ0v) is 15.3. The Morgan fingerprint density at radius 2 is 1.86 bits per heavy atom. The van der Waals surface area contributed by atoms with Crippen molar-refractivity contribution in [1.82, 2.24) is 15.1 Å². The molecule has 0 spiro atoms. The van der Waals surface area contributed by atoms with Crippen LogP contribution in [0, 0.1) is 20.8 Å². The highest BCUT2D eigenvalue weighted by Gasteiger charge is 2.12. The van der Waals surface area contributed by atoms with E-state index in [2.05, 4.69) is 86.1 Å². The molecule has 0 aliphatic rings. The van der Waals surface area contributed by atoms with Crippen molar-refractivity contribution in [2.45, 2.75) is 53.6 Å². The minimum Gasteiger partial charge on any atom is -0.308 e. The van der Waals surface area contributed by atoms with E-state index < -0.39 is 0 Å². The quantitative estimate of drug-likeness (QED) is 0.886. The summed E-state index contributed by atoms with van der Waals surface area (Å²) in [5.74, 6) is 0. The van der Waals surface area contributed by atoms with Crippen molar-refractivity contribution < 1.29 is 0 Å².